The first-order valence-corrected chi connectivity index (χ1v) is 5.30. The van der Waals surface area contributed by atoms with E-state index in [4.69, 9.17) is 0 Å². The Kier molecular flexibility index (Phi) is 3.77. The molecule has 0 aliphatic heterocycles. The maximum atomic E-state index is 11.3. The molecule has 12 heavy (non-hydrogen) atoms. The molecule has 0 aromatic heterocycles. The van der Waals surface area contributed by atoms with Gasteiger partial charge in [0.05, 0.1) is 0 Å². The van der Waals surface area contributed by atoms with Crippen molar-refractivity contribution < 1.29 is 4.79 Å². The molecular formula is C11H20O. The number of hydrogen-bond acceptors (Lipinski definition) is 1. The number of carbonyl (C=O) groups is 1. The van der Waals surface area contributed by atoms with E-state index in [9.17, 15) is 4.79 Å². The second kappa shape index (κ2) is 4.64. The average molecular weight is 168 g/mol. The fourth-order valence-electron chi connectivity index (χ4n) is 1.65. The summed E-state index contributed by atoms with van der Waals surface area (Å²) in [5.74, 6) is 1.79. The summed E-state index contributed by atoms with van der Waals surface area (Å²) in [7, 11) is 0. The van der Waals surface area contributed by atoms with E-state index in [-0.39, 0.29) is 0 Å². The SMILES string of the molecule is CCC(CC)CCC(=O)C1CC1. The minimum Gasteiger partial charge on any atom is -0.299 e. The van der Waals surface area contributed by atoms with Gasteiger partial charge in [-0.15, -0.1) is 0 Å². The van der Waals surface area contributed by atoms with E-state index in [0.717, 1.165) is 18.8 Å². The fourth-order valence-corrected chi connectivity index (χ4v) is 1.65. The smallest absolute Gasteiger partial charge is 0.135 e. The molecule has 0 saturated heterocycles. The van der Waals surface area contributed by atoms with Crippen LogP contribution in [-0.2, 0) is 4.79 Å². The third kappa shape index (κ3) is 2.96. The van der Waals surface area contributed by atoms with Gasteiger partial charge in [-0.2, -0.15) is 0 Å². The van der Waals surface area contributed by atoms with Gasteiger partial charge in [0.1, 0.15) is 5.78 Å². The van der Waals surface area contributed by atoms with Crippen molar-refractivity contribution in [2.24, 2.45) is 11.8 Å². The topological polar surface area (TPSA) is 17.1 Å². The molecule has 1 aliphatic rings. The summed E-state index contributed by atoms with van der Waals surface area (Å²) >= 11 is 0. The van der Waals surface area contributed by atoms with Crippen LogP contribution in [0.4, 0.5) is 0 Å². The van der Waals surface area contributed by atoms with Gasteiger partial charge < -0.3 is 0 Å². The maximum absolute atomic E-state index is 11.3. The third-order valence-corrected chi connectivity index (χ3v) is 2.99. The van der Waals surface area contributed by atoms with Crippen molar-refractivity contribution in [1.29, 1.82) is 0 Å². The molecule has 1 rings (SSSR count). The molecule has 0 aromatic carbocycles. The van der Waals surface area contributed by atoms with Crippen LogP contribution in [0, 0.1) is 11.8 Å². The summed E-state index contributed by atoms with van der Waals surface area (Å²) in [6.07, 6.45) is 6.77. The van der Waals surface area contributed by atoms with Crippen LogP contribution in [0.25, 0.3) is 0 Å². The Balaban J connectivity index is 2.09. The Hall–Kier alpha value is -0.330. The molecule has 0 bridgehead atoms. The van der Waals surface area contributed by atoms with E-state index in [1.165, 1.54) is 25.7 Å². The maximum Gasteiger partial charge on any atom is 0.135 e. The minimum atomic E-state index is 0.472. The van der Waals surface area contributed by atoms with E-state index in [0.29, 0.717) is 11.7 Å². The molecule has 0 amide bonds. The largest absolute Gasteiger partial charge is 0.299 e. The Morgan fingerprint density at radius 1 is 1.33 bits per heavy atom. The van der Waals surface area contributed by atoms with Crippen LogP contribution in [0.1, 0.15) is 52.4 Å². The lowest BCUT2D eigenvalue weighted by molar-refractivity contribution is -0.120. The van der Waals surface area contributed by atoms with Crippen molar-refractivity contribution in [2.75, 3.05) is 0 Å². The van der Waals surface area contributed by atoms with Crippen molar-refractivity contribution in [1.82, 2.24) is 0 Å². The van der Waals surface area contributed by atoms with E-state index in [2.05, 4.69) is 13.8 Å². The fraction of sp³-hybridized carbons (Fsp3) is 0.909. The number of ketones is 1. The molecule has 0 unspecified atom stereocenters. The molecule has 1 saturated carbocycles. The molecule has 0 radical (unpaired) electrons. The molecule has 0 heterocycles. The highest BCUT2D eigenvalue weighted by atomic mass is 16.1. The quantitative estimate of drug-likeness (QED) is 0.595. The molecular weight excluding hydrogens is 148 g/mol. The highest BCUT2D eigenvalue weighted by molar-refractivity contribution is 5.83. The van der Waals surface area contributed by atoms with Gasteiger partial charge in [0.2, 0.25) is 0 Å². The van der Waals surface area contributed by atoms with Crippen LogP contribution in [0.5, 0.6) is 0 Å². The van der Waals surface area contributed by atoms with Gasteiger partial charge in [0, 0.05) is 12.3 Å². The average Bonchev–Trinajstić information content (AvgIpc) is 2.88. The van der Waals surface area contributed by atoms with E-state index >= 15 is 0 Å². The normalized spacial score (nSPS) is 16.9. The highest BCUT2D eigenvalue weighted by Crippen LogP contribution is 2.32. The van der Waals surface area contributed by atoms with Crippen molar-refractivity contribution in [3.63, 3.8) is 0 Å². The second-order valence-electron chi connectivity index (χ2n) is 3.96. The molecule has 70 valence electrons. The van der Waals surface area contributed by atoms with E-state index in [1.54, 1.807) is 0 Å². The number of carbonyl (C=O) groups excluding carboxylic acids is 1. The van der Waals surface area contributed by atoms with Gasteiger partial charge in [0.25, 0.3) is 0 Å². The Morgan fingerprint density at radius 3 is 2.33 bits per heavy atom. The summed E-state index contributed by atoms with van der Waals surface area (Å²) in [5, 5.41) is 0. The minimum absolute atomic E-state index is 0.472. The van der Waals surface area contributed by atoms with Crippen molar-refractivity contribution >= 4 is 5.78 Å². The number of hydrogen-bond donors (Lipinski definition) is 0. The van der Waals surface area contributed by atoms with Crippen LogP contribution in [0.15, 0.2) is 0 Å². The molecule has 0 aromatic rings. The van der Waals surface area contributed by atoms with Gasteiger partial charge in [-0.25, -0.2) is 0 Å². The third-order valence-electron chi connectivity index (χ3n) is 2.99. The zero-order chi connectivity index (χ0) is 8.97. The second-order valence-corrected chi connectivity index (χ2v) is 3.96. The van der Waals surface area contributed by atoms with Crippen molar-refractivity contribution in [3.05, 3.63) is 0 Å². The van der Waals surface area contributed by atoms with Crippen LogP contribution in [0.3, 0.4) is 0 Å². The lowest BCUT2D eigenvalue weighted by Crippen LogP contribution is -2.04. The number of rotatable bonds is 6. The monoisotopic (exact) mass is 168 g/mol. The van der Waals surface area contributed by atoms with Gasteiger partial charge in [0.15, 0.2) is 0 Å². The summed E-state index contributed by atoms with van der Waals surface area (Å²) in [5.41, 5.74) is 0. The zero-order valence-electron chi connectivity index (χ0n) is 8.31. The molecule has 1 aliphatic carbocycles. The first-order chi connectivity index (χ1) is 5.77. The lowest BCUT2D eigenvalue weighted by atomic mass is 9.95. The van der Waals surface area contributed by atoms with E-state index < -0.39 is 0 Å². The predicted molar refractivity (Wildman–Crippen MR) is 51.0 cm³/mol. The molecule has 0 N–H and O–H groups in total. The van der Waals surface area contributed by atoms with Crippen molar-refractivity contribution in [2.45, 2.75) is 52.4 Å². The molecule has 1 fully saturated rings. The highest BCUT2D eigenvalue weighted by Gasteiger charge is 2.28. The summed E-state index contributed by atoms with van der Waals surface area (Å²) in [4.78, 5) is 11.3. The van der Waals surface area contributed by atoms with Crippen molar-refractivity contribution in [3.8, 4) is 0 Å². The first-order valence-electron chi connectivity index (χ1n) is 5.30. The van der Waals surface area contributed by atoms with Crippen LogP contribution in [0.2, 0.25) is 0 Å². The first kappa shape index (κ1) is 9.76. The lowest BCUT2D eigenvalue weighted by Gasteiger charge is -2.10. The molecule has 1 heteroatoms. The molecule has 0 spiro atoms. The Morgan fingerprint density at radius 2 is 1.92 bits per heavy atom. The van der Waals surface area contributed by atoms with Crippen LogP contribution in [-0.4, -0.2) is 5.78 Å². The molecule has 1 nitrogen and oxygen atoms in total. The Labute approximate surface area is 75.5 Å². The predicted octanol–water partition coefficient (Wildman–Crippen LogP) is 3.18. The zero-order valence-corrected chi connectivity index (χ0v) is 8.31. The molecule has 0 atom stereocenters. The van der Waals surface area contributed by atoms with Gasteiger partial charge in [-0.1, -0.05) is 26.7 Å². The van der Waals surface area contributed by atoms with Crippen LogP contribution >= 0.6 is 0 Å². The van der Waals surface area contributed by atoms with Gasteiger partial charge in [-0.05, 0) is 25.2 Å². The Bertz CT molecular complexity index is 143. The summed E-state index contributed by atoms with van der Waals surface area (Å²) in [6.45, 7) is 4.44. The van der Waals surface area contributed by atoms with Crippen LogP contribution < -0.4 is 0 Å². The van der Waals surface area contributed by atoms with Gasteiger partial charge in [-0.3, -0.25) is 4.79 Å². The summed E-state index contributed by atoms with van der Waals surface area (Å²) < 4.78 is 0. The summed E-state index contributed by atoms with van der Waals surface area (Å²) in [6, 6.07) is 0. The standard InChI is InChI=1S/C11H20O/c1-3-9(4-2)5-8-11(12)10-6-7-10/h9-10H,3-8H2,1-2H3. The number of Topliss-reactive ketones (excluding diaryl/α,β-unsaturated/α-hetero) is 1. The van der Waals surface area contributed by atoms with Gasteiger partial charge >= 0.3 is 0 Å². The van der Waals surface area contributed by atoms with E-state index in [1.807, 2.05) is 0 Å².